The Hall–Kier alpha value is -1.71. The van der Waals surface area contributed by atoms with E-state index in [2.05, 4.69) is 0 Å². The third-order valence-electron chi connectivity index (χ3n) is 2.15. The Balaban J connectivity index is 2.56. The van der Waals surface area contributed by atoms with Gasteiger partial charge in [0.25, 0.3) is 0 Å². The summed E-state index contributed by atoms with van der Waals surface area (Å²) in [5, 5.41) is 18.1. The summed E-state index contributed by atoms with van der Waals surface area (Å²) in [6.45, 7) is 1.86. The lowest BCUT2D eigenvalue weighted by Gasteiger charge is -2.12. The molecule has 0 aromatic heterocycles. The minimum Gasteiger partial charge on any atom is -0.504 e. The van der Waals surface area contributed by atoms with Crippen LogP contribution >= 0.6 is 0 Å². The Morgan fingerprint density at radius 3 is 2.67 bits per heavy atom. The van der Waals surface area contributed by atoms with Crippen LogP contribution in [0.25, 0.3) is 0 Å². The van der Waals surface area contributed by atoms with Crippen molar-refractivity contribution < 1.29 is 19.7 Å². The molecule has 0 bridgehead atoms. The normalized spacial score (nSPS) is 12.1. The summed E-state index contributed by atoms with van der Waals surface area (Å²) in [4.78, 5) is 10.7. The van der Waals surface area contributed by atoms with E-state index in [0.717, 1.165) is 0 Å². The average Bonchev–Trinajstić information content (AvgIpc) is 2.21. The highest BCUT2D eigenvalue weighted by atomic mass is 16.5. The highest BCUT2D eigenvalue weighted by molar-refractivity contribution is 5.70. The maximum absolute atomic E-state index is 10.7. The molecule has 1 aromatic carbocycles. The minimum absolute atomic E-state index is 0.0257. The molecule has 0 saturated carbocycles. The van der Waals surface area contributed by atoms with Crippen molar-refractivity contribution >= 4 is 5.97 Å². The van der Waals surface area contributed by atoms with Crippen molar-refractivity contribution in [2.75, 3.05) is 6.61 Å². The van der Waals surface area contributed by atoms with Gasteiger partial charge in [-0.3, -0.25) is 4.79 Å². The SMILES string of the molecule is CCC(COc1ccccc1O)C(=O)O. The Labute approximate surface area is 88.1 Å². The first-order chi connectivity index (χ1) is 7.15. The summed E-state index contributed by atoms with van der Waals surface area (Å²) < 4.78 is 5.22. The van der Waals surface area contributed by atoms with Gasteiger partial charge in [-0.2, -0.15) is 0 Å². The highest BCUT2D eigenvalue weighted by Crippen LogP contribution is 2.25. The molecule has 0 heterocycles. The van der Waals surface area contributed by atoms with E-state index in [1.165, 1.54) is 6.07 Å². The maximum atomic E-state index is 10.7. The number of rotatable bonds is 5. The third-order valence-corrected chi connectivity index (χ3v) is 2.15. The number of aromatic hydroxyl groups is 1. The maximum Gasteiger partial charge on any atom is 0.309 e. The van der Waals surface area contributed by atoms with Crippen LogP contribution in [0.1, 0.15) is 13.3 Å². The third kappa shape index (κ3) is 3.16. The molecule has 0 saturated heterocycles. The molecule has 1 aromatic rings. The van der Waals surface area contributed by atoms with Crippen LogP contribution in [0.15, 0.2) is 24.3 Å². The van der Waals surface area contributed by atoms with Crippen LogP contribution in [-0.4, -0.2) is 22.8 Å². The Morgan fingerprint density at radius 1 is 1.47 bits per heavy atom. The molecule has 0 spiro atoms. The Kier molecular flexibility index (Phi) is 3.97. The van der Waals surface area contributed by atoms with Crippen molar-refractivity contribution in [1.82, 2.24) is 0 Å². The van der Waals surface area contributed by atoms with Crippen molar-refractivity contribution in [3.63, 3.8) is 0 Å². The number of para-hydroxylation sites is 2. The zero-order chi connectivity index (χ0) is 11.3. The first-order valence-electron chi connectivity index (χ1n) is 4.78. The van der Waals surface area contributed by atoms with Gasteiger partial charge in [0.1, 0.15) is 6.61 Å². The van der Waals surface area contributed by atoms with E-state index < -0.39 is 11.9 Å². The average molecular weight is 210 g/mol. The zero-order valence-corrected chi connectivity index (χ0v) is 8.51. The van der Waals surface area contributed by atoms with Gasteiger partial charge in [0.15, 0.2) is 11.5 Å². The lowest BCUT2D eigenvalue weighted by molar-refractivity contribution is -0.142. The molecule has 1 atom stereocenters. The first kappa shape index (κ1) is 11.4. The summed E-state index contributed by atoms with van der Waals surface area (Å²) in [6, 6.07) is 6.49. The van der Waals surface area contributed by atoms with Gasteiger partial charge >= 0.3 is 5.97 Å². The molecule has 0 aliphatic carbocycles. The van der Waals surface area contributed by atoms with E-state index in [1.807, 2.05) is 0 Å². The fourth-order valence-corrected chi connectivity index (χ4v) is 1.13. The van der Waals surface area contributed by atoms with Gasteiger partial charge in [-0.05, 0) is 18.6 Å². The number of ether oxygens (including phenoxy) is 1. The Morgan fingerprint density at radius 2 is 2.13 bits per heavy atom. The summed E-state index contributed by atoms with van der Waals surface area (Å²) >= 11 is 0. The van der Waals surface area contributed by atoms with Crippen LogP contribution < -0.4 is 4.74 Å². The zero-order valence-electron chi connectivity index (χ0n) is 8.51. The molecule has 0 aliphatic heterocycles. The molecule has 2 N–H and O–H groups in total. The van der Waals surface area contributed by atoms with E-state index in [9.17, 15) is 9.90 Å². The first-order valence-corrected chi connectivity index (χ1v) is 4.78. The summed E-state index contributed by atoms with van der Waals surface area (Å²) in [7, 11) is 0. The molecule has 82 valence electrons. The van der Waals surface area contributed by atoms with Crippen LogP contribution in [-0.2, 0) is 4.79 Å². The Bertz CT molecular complexity index is 335. The molecule has 1 unspecified atom stereocenters. The highest BCUT2D eigenvalue weighted by Gasteiger charge is 2.16. The van der Waals surface area contributed by atoms with Crippen LogP contribution in [0.4, 0.5) is 0 Å². The van der Waals surface area contributed by atoms with Gasteiger partial charge < -0.3 is 14.9 Å². The number of aliphatic carboxylic acids is 1. The van der Waals surface area contributed by atoms with Crippen molar-refractivity contribution in [3.05, 3.63) is 24.3 Å². The van der Waals surface area contributed by atoms with Crippen molar-refractivity contribution in [3.8, 4) is 11.5 Å². The molecule has 4 nitrogen and oxygen atoms in total. The number of carboxylic acids is 1. The van der Waals surface area contributed by atoms with E-state index in [4.69, 9.17) is 9.84 Å². The number of carbonyl (C=O) groups is 1. The number of phenols is 1. The summed E-state index contributed by atoms with van der Waals surface area (Å²) in [5.41, 5.74) is 0. The molecule has 1 rings (SSSR count). The molecular formula is C11H14O4. The van der Waals surface area contributed by atoms with Crippen LogP contribution in [0.3, 0.4) is 0 Å². The lowest BCUT2D eigenvalue weighted by Crippen LogP contribution is -2.20. The van der Waals surface area contributed by atoms with Crippen molar-refractivity contribution in [1.29, 1.82) is 0 Å². The van der Waals surface area contributed by atoms with Gasteiger partial charge in [-0.25, -0.2) is 0 Å². The van der Waals surface area contributed by atoms with Crippen molar-refractivity contribution in [2.24, 2.45) is 5.92 Å². The van der Waals surface area contributed by atoms with E-state index in [-0.39, 0.29) is 12.4 Å². The second-order valence-corrected chi connectivity index (χ2v) is 3.22. The van der Waals surface area contributed by atoms with Crippen LogP contribution in [0.2, 0.25) is 0 Å². The molecule has 0 aliphatic rings. The summed E-state index contributed by atoms with van der Waals surface area (Å²) in [5.74, 6) is -1.08. The van der Waals surface area contributed by atoms with Gasteiger partial charge in [-0.15, -0.1) is 0 Å². The number of hydrogen-bond acceptors (Lipinski definition) is 3. The molecule has 0 radical (unpaired) electrons. The fraction of sp³-hybridized carbons (Fsp3) is 0.364. The number of phenolic OH excluding ortho intramolecular Hbond substituents is 1. The van der Waals surface area contributed by atoms with Gasteiger partial charge in [0, 0.05) is 0 Å². The largest absolute Gasteiger partial charge is 0.504 e. The molecule has 0 fully saturated rings. The quantitative estimate of drug-likeness (QED) is 0.778. The number of hydrogen-bond donors (Lipinski definition) is 2. The minimum atomic E-state index is -0.882. The van der Waals surface area contributed by atoms with E-state index in [0.29, 0.717) is 12.2 Å². The van der Waals surface area contributed by atoms with E-state index in [1.54, 1.807) is 25.1 Å². The van der Waals surface area contributed by atoms with Crippen LogP contribution in [0.5, 0.6) is 11.5 Å². The van der Waals surface area contributed by atoms with Crippen molar-refractivity contribution in [2.45, 2.75) is 13.3 Å². The van der Waals surface area contributed by atoms with Gasteiger partial charge in [-0.1, -0.05) is 19.1 Å². The molecule has 4 heteroatoms. The smallest absolute Gasteiger partial charge is 0.309 e. The van der Waals surface area contributed by atoms with E-state index >= 15 is 0 Å². The van der Waals surface area contributed by atoms with Crippen LogP contribution in [0, 0.1) is 5.92 Å². The van der Waals surface area contributed by atoms with Gasteiger partial charge in [0.05, 0.1) is 5.92 Å². The number of benzene rings is 1. The lowest BCUT2D eigenvalue weighted by atomic mass is 10.1. The molecule has 0 amide bonds. The molecular weight excluding hydrogens is 196 g/mol. The number of carboxylic acid groups (broad SMARTS) is 1. The molecule has 15 heavy (non-hydrogen) atoms. The topological polar surface area (TPSA) is 66.8 Å². The predicted molar refractivity (Wildman–Crippen MR) is 55.0 cm³/mol. The second kappa shape index (κ2) is 5.24. The predicted octanol–water partition coefficient (Wildman–Crippen LogP) is 1.88. The second-order valence-electron chi connectivity index (χ2n) is 3.22. The standard InChI is InChI=1S/C11H14O4/c1-2-8(11(13)14)7-15-10-6-4-3-5-9(10)12/h3-6,8,12H,2,7H2,1H3,(H,13,14). The summed E-state index contributed by atoms with van der Waals surface area (Å²) in [6.07, 6.45) is 0.503. The fourth-order valence-electron chi connectivity index (χ4n) is 1.13. The monoisotopic (exact) mass is 210 g/mol. The van der Waals surface area contributed by atoms with Gasteiger partial charge in [0.2, 0.25) is 0 Å².